The summed E-state index contributed by atoms with van der Waals surface area (Å²) in [6.45, 7) is 5.37. The molecule has 10 heteroatoms. The van der Waals surface area contributed by atoms with Gasteiger partial charge in [-0.05, 0) is 87.7 Å². The number of piperidine rings is 1. The molecule has 250 valence electrons. The van der Waals surface area contributed by atoms with Crippen molar-refractivity contribution in [2.45, 2.75) is 128 Å². The number of rotatable bonds is 10. The Morgan fingerprint density at radius 2 is 1.91 bits per heavy atom. The van der Waals surface area contributed by atoms with Crippen molar-refractivity contribution in [2.75, 3.05) is 19.6 Å². The maximum absolute atomic E-state index is 12.2. The molecule has 0 bridgehead atoms. The van der Waals surface area contributed by atoms with Crippen LogP contribution in [0.5, 0.6) is 11.5 Å². The van der Waals surface area contributed by atoms with E-state index in [1.165, 1.54) is 26.2 Å². The molecule has 1 aromatic carbocycles. The zero-order valence-corrected chi connectivity index (χ0v) is 27.2. The van der Waals surface area contributed by atoms with Crippen LogP contribution in [0.3, 0.4) is 0 Å². The number of carbonyl (C=O) groups excluding carboxylic acids is 1. The lowest BCUT2D eigenvalue weighted by molar-refractivity contribution is -0.151. The second kappa shape index (κ2) is 17.1. The molecule has 1 aliphatic heterocycles. The standard InChI is InChI=1S/C35H54N4O6/c1-3-35(23-38-34(36)39-28-9-5-4-6-10-28)14-7-8-25(32(44-24(2)41)21-29(42)11-15-35)18-26-20-33(31(43)19-27(26)22-40)45-30-12-16-37-17-13-30/h19-20,25,28-30,32,37,40,42-43H,3-6,8-13,15-18,21-23H2,1-2H3,(H3,36,38,39)/t25-,29+,32+,35+/m1/s1. The predicted molar refractivity (Wildman–Crippen MR) is 175 cm³/mol. The highest BCUT2D eigenvalue weighted by Gasteiger charge is 2.33. The van der Waals surface area contributed by atoms with E-state index in [0.717, 1.165) is 50.8 Å². The van der Waals surface area contributed by atoms with Crippen LogP contribution in [0.1, 0.15) is 102 Å². The quantitative estimate of drug-likeness (QED) is 0.0986. The number of phenolic OH excluding ortho intramolecular Hbond substituents is 1. The van der Waals surface area contributed by atoms with Crippen LogP contribution in [0.4, 0.5) is 0 Å². The Kier molecular flexibility index (Phi) is 13.2. The Bertz CT molecular complexity index is 1200. The minimum atomic E-state index is -0.694. The molecular formula is C35H54N4O6. The van der Waals surface area contributed by atoms with Gasteiger partial charge in [-0.25, -0.2) is 0 Å². The molecule has 4 atom stereocenters. The maximum atomic E-state index is 12.2. The second-order valence-electron chi connectivity index (χ2n) is 13.2. The van der Waals surface area contributed by atoms with E-state index in [1.807, 2.05) is 0 Å². The minimum absolute atomic E-state index is 0.00910. The van der Waals surface area contributed by atoms with Crippen molar-refractivity contribution < 1.29 is 29.6 Å². The van der Waals surface area contributed by atoms with Gasteiger partial charge >= 0.3 is 5.97 Å². The number of aromatic hydroxyl groups is 1. The lowest BCUT2D eigenvalue weighted by Crippen LogP contribution is -2.41. The average Bonchev–Trinajstić information content (AvgIpc) is 3.03. The van der Waals surface area contributed by atoms with Gasteiger partial charge in [-0.2, -0.15) is 0 Å². The van der Waals surface area contributed by atoms with Gasteiger partial charge in [-0.15, -0.1) is 5.92 Å². The van der Waals surface area contributed by atoms with Gasteiger partial charge in [-0.1, -0.05) is 32.1 Å². The largest absolute Gasteiger partial charge is 0.504 e. The van der Waals surface area contributed by atoms with Gasteiger partial charge in [0.15, 0.2) is 17.5 Å². The first-order chi connectivity index (χ1) is 21.7. The van der Waals surface area contributed by atoms with Crippen LogP contribution < -0.4 is 21.1 Å². The summed E-state index contributed by atoms with van der Waals surface area (Å²) in [5.74, 6) is 7.08. The van der Waals surface area contributed by atoms with Gasteiger partial charge < -0.3 is 41.2 Å². The van der Waals surface area contributed by atoms with Gasteiger partial charge in [-0.3, -0.25) is 9.79 Å². The lowest BCUT2D eigenvalue weighted by Gasteiger charge is -2.32. The summed E-state index contributed by atoms with van der Waals surface area (Å²) < 4.78 is 12.0. The summed E-state index contributed by atoms with van der Waals surface area (Å²) >= 11 is 0. The van der Waals surface area contributed by atoms with E-state index in [2.05, 4.69) is 29.4 Å². The molecule has 1 saturated heterocycles. The number of phenols is 1. The molecular weight excluding hydrogens is 572 g/mol. The number of ether oxygens (including phenoxy) is 2. The van der Waals surface area contributed by atoms with Crippen molar-refractivity contribution in [1.29, 1.82) is 0 Å². The fraction of sp³-hybridized carbons (Fsp3) is 0.714. The fourth-order valence-electron chi connectivity index (χ4n) is 6.84. The van der Waals surface area contributed by atoms with E-state index in [1.54, 1.807) is 12.1 Å². The molecule has 3 aliphatic rings. The molecule has 4 rings (SSSR count). The number of guanidine groups is 1. The maximum Gasteiger partial charge on any atom is 0.302 e. The zero-order chi connectivity index (χ0) is 32.2. The highest BCUT2D eigenvalue weighted by atomic mass is 16.5. The van der Waals surface area contributed by atoms with E-state index in [4.69, 9.17) is 20.2 Å². The van der Waals surface area contributed by atoms with Crippen LogP contribution in [0.15, 0.2) is 17.1 Å². The summed E-state index contributed by atoms with van der Waals surface area (Å²) in [4.78, 5) is 16.9. The molecule has 2 fully saturated rings. The van der Waals surface area contributed by atoms with Crippen molar-refractivity contribution in [3.63, 3.8) is 0 Å². The molecule has 7 N–H and O–H groups in total. The number of aliphatic hydroxyl groups is 2. The third-order valence-corrected chi connectivity index (χ3v) is 9.72. The monoisotopic (exact) mass is 626 g/mol. The van der Waals surface area contributed by atoms with Gasteiger partial charge in [0, 0.05) is 31.7 Å². The van der Waals surface area contributed by atoms with E-state index in [0.29, 0.717) is 55.5 Å². The van der Waals surface area contributed by atoms with Gasteiger partial charge in [0.05, 0.1) is 24.7 Å². The first kappa shape index (κ1) is 34.9. The molecule has 0 amide bonds. The van der Waals surface area contributed by atoms with Crippen LogP contribution in [-0.4, -0.2) is 71.2 Å². The number of aliphatic imine (C=N–C) groups is 1. The number of nitrogens with one attached hydrogen (secondary N) is 2. The summed E-state index contributed by atoms with van der Waals surface area (Å²) in [6, 6.07) is 3.72. The number of nitrogens with zero attached hydrogens (tertiary/aromatic N) is 1. The Morgan fingerprint density at radius 1 is 1.16 bits per heavy atom. The second-order valence-corrected chi connectivity index (χ2v) is 13.2. The molecule has 0 unspecified atom stereocenters. The summed E-state index contributed by atoms with van der Waals surface area (Å²) in [7, 11) is 0. The van der Waals surface area contributed by atoms with E-state index in [-0.39, 0.29) is 30.8 Å². The van der Waals surface area contributed by atoms with Gasteiger partial charge in [0.1, 0.15) is 12.2 Å². The van der Waals surface area contributed by atoms with Crippen molar-refractivity contribution in [1.82, 2.24) is 10.6 Å². The SMILES string of the molecule is CC[C@]1(CN=C(N)NC2CCCCC2)C#CC[C@H](Cc2cc(OC3CCNCC3)c(O)cc2CO)[C@@H](OC(C)=O)C[C@@H](O)CC1. The first-order valence-electron chi connectivity index (χ1n) is 16.9. The first-order valence-corrected chi connectivity index (χ1v) is 16.9. The van der Waals surface area contributed by atoms with Crippen LogP contribution in [0.25, 0.3) is 0 Å². The van der Waals surface area contributed by atoms with Crippen molar-refractivity contribution in [2.24, 2.45) is 22.1 Å². The lowest BCUT2D eigenvalue weighted by atomic mass is 9.77. The molecule has 1 saturated carbocycles. The van der Waals surface area contributed by atoms with E-state index < -0.39 is 23.6 Å². The number of esters is 1. The van der Waals surface area contributed by atoms with Crippen LogP contribution in [0.2, 0.25) is 0 Å². The Morgan fingerprint density at radius 3 is 2.60 bits per heavy atom. The molecule has 1 heterocycles. The Labute approximate surface area is 268 Å². The number of nitrogens with two attached hydrogens (primary N) is 1. The summed E-state index contributed by atoms with van der Waals surface area (Å²) in [6.07, 6.45) is 9.34. The molecule has 10 nitrogen and oxygen atoms in total. The smallest absolute Gasteiger partial charge is 0.302 e. The molecule has 2 aliphatic carbocycles. The zero-order valence-electron chi connectivity index (χ0n) is 27.2. The topological polar surface area (TPSA) is 159 Å². The van der Waals surface area contributed by atoms with Crippen molar-refractivity contribution in [3.8, 4) is 23.3 Å². The normalized spacial score (nSPS) is 27.2. The Hall–Kier alpha value is -3.00. The highest BCUT2D eigenvalue weighted by molar-refractivity contribution is 5.78. The summed E-state index contributed by atoms with van der Waals surface area (Å²) in [5, 5.41) is 38.8. The Balaban J connectivity index is 1.58. The number of carbonyl (C=O) groups is 1. The number of benzene rings is 1. The molecule has 0 spiro atoms. The summed E-state index contributed by atoms with van der Waals surface area (Å²) in [5.41, 5.74) is 7.24. The van der Waals surface area contributed by atoms with Gasteiger partial charge in [0.25, 0.3) is 0 Å². The third-order valence-electron chi connectivity index (χ3n) is 9.72. The highest BCUT2D eigenvalue weighted by Crippen LogP contribution is 2.36. The number of aliphatic hydroxyl groups excluding tert-OH is 2. The van der Waals surface area contributed by atoms with E-state index in [9.17, 15) is 20.1 Å². The third kappa shape index (κ3) is 10.5. The fourth-order valence-corrected chi connectivity index (χ4v) is 6.84. The van der Waals surface area contributed by atoms with Crippen molar-refractivity contribution in [3.05, 3.63) is 23.3 Å². The van der Waals surface area contributed by atoms with E-state index >= 15 is 0 Å². The molecule has 0 aromatic heterocycles. The molecule has 45 heavy (non-hydrogen) atoms. The molecule has 0 radical (unpaired) electrons. The number of hydrogen-bond donors (Lipinski definition) is 6. The van der Waals surface area contributed by atoms with Crippen LogP contribution in [-0.2, 0) is 22.6 Å². The predicted octanol–water partition coefficient (Wildman–Crippen LogP) is 3.68. The van der Waals surface area contributed by atoms with Crippen LogP contribution in [0, 0.1) is 23.2 Å². The van der Waals surface area contributed by atoms with Crippen LogP contribution >= 0.6 is 0 Å². The van der Waals surface area contributed by atoms with Gasteiger partial charge in [0.2, 0.25) is 0 Å². The molecule has 1 aromatic rings. The number of hydrogen-bond acceptors (Lipinski definition) is 8. The minimum Gasteiger partial charge on any atom is -0.504 e. The average molecular weight is 627 g/mol. The van der Waals surface area contributed by atoms with Crippen molar-refractivity contribution >= 4 is 11.9 Å².